The summed E-state index contributed by atoms with van der Waals surface area (Å²) in [6.07, 6.45) is -2.46. The minimum atomic E-state index is -4.59. The highest BCUT2D eigenvalue weighted by molar-refractivity contribution is 6.11. The van der Waals surface area contributed by atoms with Crippen LogP contribution in [0.3, 0.4) is 0 Å². The molecule has 8 heteroatoms. The number of aryl methyl sites for hydroxylation is 1. The summed E-state index contributed by atoms with van der Waals surface area (Å²) in [5.41, 5.74) is 1.60. The topological polar surface area (TPSA) is 51.9 Å². The van der Waals surface area contributed by atoms with Crippen molar-refractivity contribution in [3.05, 3.63) is 76.7 Å². The molecule has 0 N–H and O–H groups in total. The van der Waals surface area contributed by atoms with Crippen molar-refractivity contribution in [2.45, 2.75) is 56.8 Å². The maximum absolute atomic E-state index is 14.3. The summed E-state index contributed by atoms with van der Waals surface area (Å²) in [5, 5.41) is 0. The van der Waals surface area contributed by atoms with Crippen LogP contribution in [-0.4, -0.2) is 18.1 Å². The fourth-order valence-corrected chi connectivity index (χ4v) is 5.75. The highest BCUT2D eigenvalue weighted by Gasteiger charge is 2.58. The number of carbonyl (C=O) groups excluding carboxylic acids is 1. The molecule has 1 spiro atoms. The van der Waals surface area contributed by atoms with Crippen LogP contribution in [0.4, 0.5) is 18.9 Å². The molecule has 6 rings (SSSR count). The molecule has 0 aliphatic carbocycles. The number of nitrogens with zero attached hydrogens (tertiary/aromatic N) is 1. The number of hydrogen-bond acceptors (Lipinski definition) is 4. The number of para-hydroxylation sites is 1. The number of alkyl halides is 3. The smallest absolute Gasteiger partial charge is 0.449 e. The van der Waals surface area contributed by atoms with Crippen molar-refractivity contribution < 1.29 is 31.9 Å². The zero-order chi connectivity index (χ0) is 24.6. The molecule has 1 aromatic heterocycles. The average molecular weight is 483 g/mol. The van der Waals surface area contributed by atoms with E-state index in [0.29, 0.717) is 24.5 Å². The molecule has 0 saturated heterocycles. The summed E-state index contributed by atoms with van der Waals surface area (Å²) in [6, 6.07) is 13.6. The zero-order valence-electron chi connectivity index (χ0n) is 19.4. The van der Waals surface area contributed by atoms with Gasteiger partial charge in [-0.1, -0.05) is 18.2 Å². The van der Waals surface area contributed by atoms with E-state index in [1.165, 1.54) is 11.0 Å². The molecule has 3 aliphatic rings. The van der Waals surface area contributed by atoms with E-state index in [4.69, 9.17) is 13.9 Å². The van der Waals surface area contributed by atoms with Crippen molar-refractivity contribution in [3.63, 3.8) is 0 Å². The van der Waals surface area contributed by atoms with Crippen LogP contribution in [0, 0.1) is 0 Å². The minimum Gasteiger partial charge on any atom is -0.493 e. The quantitative estimate of drug-likeness (QED) is 0.448. The van der Waals surface area contributed by atoms with Gasteiger partial charge >= 0.3 is 6.18 Å². The fraction of sp³-hybridized carbons (Fsp3) is 0.370. The van der Waals surface area contributed by atoms with Gasteiger partial charge in [0.25, 0.3) is 0 Å². The van der Waals surface area contributed by atoms with Crippen LogP contribution < -0.4 is 14.4 Å². The monoisotopic (exact) mass is 483 g/mol. The van der Waals surface area contributed by atoms with Gasteiger partial charge in [-0.3, -0.25) is 4.79 Å². The number of anilines is 1. The molecule has 1 unspecified atom stereocenters. The van der Waals surface area contributed by atoms with Gasteiger partial charge in [0.15, 0.2) is 0 Å². The SMILES string of the molecule is CC1(C)CC2(C(=O)N(Cc3ccc(C(F)(F)F)o3)c3ccccc32)c2cc3c(cc2O1)OCCC3. The molecule has 182 valence electrons. The van der Waals surface area contributed by atoms with Gasteiger partial charge in [0.2, 0.25) is 11.7 Å². The van der Waals surface area contributed by atoms with E-state index < -0.39 is 23.0 Å². The molecule has 4 heterocycles. The van der Waals surface area contributed by atoms with Crippen LogP contribution >= 0.6 is 0 Å². The summed E-state index contributed by atoms with van der Waals surface area (Å²) in [7, 11) is 0. The Morgan fingerprint density at radius 3 is 2.60 bits per heavy atom. The van der Waals surface area contributed by atoms with Gasteiger partial charge in [-0.25, -0.2) is 0 Å². The second-order valence-corrected chi connectivity index (χ2v) is 10.0. The van der Waals surface area contributed by atoms with E-state index in [1.54, 1.807) is 0 Å². The molecule has 3 aromatic rings. The standard InChI is InChI=1S/C27H24F3NO4/c1-25(2)15-26(19-12-16-6-5-11-33-21(16)13-22(19)35-25)18-7-3-4-8-20(18)31(24(26)32)14-17-9-10-23(34-17)27(28,29)30/h3-4,7-10,12-13H,5-6,11,14-15H2,1-2H3. The van der Waals surface area contributed by atoms with Gasteiger partial charge in [-0.2, -0.15) is 13.2 Å². The third-order valence-corrected chi connectivity index (χ3v) is 7.07. The first-order chi connectivity index (χ1) is 16.6. The Morgan fingerprint density at radius 1 is 1.03 bits per heavy atom. The van der Waals surface area contributed by atoms with Crippen molar-refractivity contribution in [1.29, 1.82) is 0 Å². The molecule has 2 aromatic carbocycles. The highest BCUT2D eigenvalue weighted by Crippen LogP contribution is 2.57. The van der Waals surface area contributed by atoms with Crippen LogP contribution in [0.25, 0.3) is 0 Å². The Labute approximate surface area is 200 Å². The Kier molecular flexibility index (Phi) is 4.60. The number of carbonyl (C=O) groups is 1. The zero-order valence-corrected chi connectivity index (χ0v) is 19.4. The molecule has 3 aliphatic heterocycles. The lowest BCUT2D eigenvalue weighted by Crippen LogP contribution is -2.50. The maximum atomic E-state index is 14.3. The van der Waals surface area contributed by atoms with E-state index in [1.807, 2.05) is 50.2 Å². The molecule has 35 heavy (non-hydrogen) atoms. The van der Waals surface area contributed by atoms with E-state index in [2.05, 4.69) is 0 Å². The second kappa shape index (κ2) is 7.29. The van der Waals surface area contributed by atoms with Gasteiger partial charge in [-0.15, -0.1) is 0 Å². The van der Waals surface area contributed by atoms with E-state index in [9.17, 15) is 18.0 Å². The molecular formula is C27H24F3NO4. The largest absolute Gasteiger partial charge is 0.493 e. The average Bonchev–Trinajstić information content (AvgIpc) is 3.36. The van der Waals surface area contributed by atoms with Crippen LogP contribution in [0.1, 0.15) is 54.9 Å². The predicted octanol–water partition coefficient (Wildman–Crippen LogP) is 6.02. The summed E-state index contributed by atoms with van der Waals surface area (Å²) in [6.45, 7) is 4.43. The second-order valence-electron chi connectivity index (χ2n) is 10.0. The first-order valence-electron chi connectivity index (χ1n) is 11.7. The lowest BCUT2D eigenvalue weighted by Gasteiger charge is -2.44. The van der Waals surface area contributed by atoms with Gasteiger partial charge < -0.3 is 18.8 Å². The van der Waals surface area contributed by atoms with Gasteiger partial charge in [-0.05, 0) is 62.1 Å². The predicted molar refractivity (Wildman–Crippen MR) is 122 cm³/mol. The third kappa shape index (κ3) is 3.33. The van der Waals surface area contributed by atoms with Crippen molar-refractivity contribution >= 4 is 11.6 Å². The van der Waals surface area contributed by atoms with E-state index >= 15 is 0 Å². The van der Waals surface area contributed by atoms with E-state index in [0.717, 1.165) is 41.3 Å². The lowest BCUT2D eigenvalue weighted by atomic mass is 9.66. The Balaban J connectivity index is 1.50. The first kappa shape index (κ1) is 22.1. The number of ether oxygens (including phenoxy) is 2. The Bertz CT molecular complexity index is 1340. The normalized spacial score (nSPS) is 22.3. The molecule has 0 fully saturated rings. The Morgan fingerprint density at radius 2 is 1.83 bits per heavy atom. The summed E-state index contributed by atoms with van der Waals surface area (Å²) in [4.78, 5) is 15.9. The summed E-state index contributed by atoms with van der Waals surface area (Å²) >= 11 is 0. The van der Waals surface area contributed by atoms with Crippen molar-refractivity contribution in [2.24, 2.45) is 0 Å². The lowest BCUT2D eigenvalue weighted by molar-refractivity contribution is -0.153. The van der Waals surface area contributed by atoms with E-state index in [-0.39, 0.29) is 18.2 Å². The van der Waals surface area contributed by atoms with Crippen molar-refractivity contribution in [2.75, 3.05) is 11.5 Å². The van der Waals surface area contributed by atoms with Crippen LogP contribution in [-0.2, 0) is 29.4 Å². The molecule has 0 bridgehead atoms. The highest BCUT2D eigenvalue weighted by atomic mass is 19.4. The fourth-order valence-electron chi connectivity index (χ4n) is 5.75. The molecule has 0 saturated carbocycles. The van der Waals surface area contributed by atoms with Crippen molar-refractivity contribution in [3.8, 4) is 11.5 Å². The van der Waals surface area contributed by atoms with Crippen LogP contribution in [0.15, 0.2) is 52.9 Å². The maximum Gasteiger partial charge on any atom is 0.449 e. The van der Waals surface area contributed by atoms with Gasteiger partial charge in [0.1, 0.15) is 28.3 Å². The summed E-state index contributed by atoms with van der Waals surface area (Å²) in [5.74, 6) is 0.171. The number of fused-ring (bicyclic) bond motifs is 5. The van der Waals surface area contributed by atoms with Gasteiger partial charge in [0, 0.05) is 23.7 Å². The molecule has 0 radical (unpaired) electrons. The third-order valence-electron chi connectivity index (χ3n) is 7.07. The number of benzene rings is 2. The summed E-state index contributed by atoms with van der Waals surface area (Å²) < 4.78 is 56.6. The Hall–Kier alpha value is -3.42. The minimum absolute atomic E-state index is 0.0721. The number of rotatable bonds is 2. The van der Waals surface area contributed by atoms with Crippen LogP contribution in [0.2, 0.25) is 0 Å². The first-order valence-corrected chi connectivity index (χ1v) is 11.7. The van der Waals surface area contributed by atoms with Crippen LogP contribution in [0.5, 0.6) is 11.5 Å². The molecule has 5 nitrogen and oxygen atoms in total. The molecule has 1 amide bonds. The molecular weight excluding hydrogens is 459 g/mol. The number of amides is 1. The molecule has 1 atom stereocenters. The number of furan rings is 1. The number of hydrogen-bond donors (Lipinski definition) is 0. The van der Waals surface area contributed by atoms with Crippen molar-refractivity contribution in [1.82, 2.24) is 0 Å². The number of halogens is 3. The van der Waals surface area contributed by atoms with Gasteiger partial charge in [0.05, 0.1) is 13.2 Å².